The highest BCUT2D eigenvalue weighted by Gasteiger charge is 2.14. The smallest absolute Gasteiger partial charge is 0.330 e. The molecule has 0 radical (unpaired) electrons. The Morgan fingerprint density at radius 1 is 0.542 bits per heavy atom. The van der Waals surface area contributed by atoms with E-state index in [9.17, 15) is 4.79 Å². The summed E-state index contributed by atoms with van der Waals surface area (Å²) in [5, 5.41) is 0. The Bertz CT molecular complexity index is 1900. The van der Waals surface area contributed by atoms with Gasteiger partial charge in [-0.1, -0.05) is 84.9 Å². The molecule has 6 aromatic rings. The van der Waals surface area contributed by atoms with E-state index in [4.69, 9.17) is 9.47 Å². The molecule has 0 spiro atoms. The van der Waals surface area contributed by atoms with Crippen LogP contribution in [-0.4, -0.2) is 19.2 Å². The number of benzene rings is 6. The van der Waals surface area contributed by atoms with Gasteiger partial charge in [0, 0.05) is 46.6 Å². The van der Waals surface area contributed by atoms with Crippen molar-refractivity contribution in [1.82, 2.24) is 0 Å². The maximum Gasteiger partial charge on any atom is 0.330 e. The summed E-state index contributed by atoms with van der Waals surface area (Å²) in [5.41, 5.74) is 9.99. The molecule has 0 aromatic heterocycles. The van der Waals surface area contributed by atoms with Crippen molar-refractivity contribution in [2.24, 2.45) is 0 Å². The molecule has 0 fully saturated rings. The molecule has 0 saturated carbocycles. The Labute approximate surface area is 282 Å². The first kappa shape index (κ1) is 31.9. The third kappa shape index (κ3) is 7.83. The Morgan fingerprint density at radius 2 is 0.938 bits per heavy atom. The van der Waals surface area contributed by atoms with E-state index in [2.05, 4.69) is 145 Å². The lowest BCUT2D eigenvalue weighted by Crippen LogP contribution is -2.10. The highest BCUT2D eigenvalue weighted by Crippen LogP contribution is 2.38. The molecule has 0 aliphatic heterocycles. The second-order valence-corrected chi connectivity index (χ2v) is 11.3. The van der Waals surface area contributed by atoms with Gasteiger partial charge in [-0.25, -0.2) is 4.79 Å². The number of ether oxygens (including phenoxy) is 2. The number of rotatable bonds is 13. The van der Waals surface area contributed by atoms with Gasteiger partial charge in [0.25, 0.3) is 0 Å². The maximum atomic E-state index is 11.2. The van der Waals surface area contributed by atoms with Gasteiger partial charge in [-0.2, -0.15) is 0 Å². The van der Waals surface area contributed by atoms with E-state index in [1.165, 1.54) is 5.56 Å². The van der Waals surface area contributed by atoms with Gasteiger partial charge in [0.2, 0.25) is 0 Å². The molecule has 0 saturated heterocycles. The first-order valence-electron chi connectivity index (χ1n) is 16.1. The van der Waals surface area contributed by atoms with Crippen molar-refractivity contribution in [1.29, 1.82) is 0 Å². The van der Waals surface area contributed by atoms with Crippen LogP contribution in [0.4, 0.5) is 34.1 Å². The molecule has 0 aliphatic rings. The first-order chi connectivity index (χ1) is 23.6. The Kier molecular flexibility index (Phi) is 10.3. The van der Waals surface area contributed by atoms with E-state index in [1.807, 2.05) is 36.4 Å². The fraction of sp³-hybridized carbons (Fsp3) is 0.0930. The van der Waals surface area contributed by atoms with E-state index in [0.717, 1.165) is 57.1 Å². The summed E-state index contributed by atoms with van der Waals surface area (Å²) in [4.78, 5) is 15.7. The summed E-state index contributed by atoms with van der Waals surface area (Å²) < 4.78 is 10.9. The van der Waals surface area contributed by atoms with Crippen LogP contribution in [0.1, 0.15) is 12.0 Å². The van der Waals surface area contributed by atoms with Crippen LogP contribution in [0.15, 0.2) is 170 Å². The third-order valence-electron chi connectivity index (χ3n) is 7.97. The van der Waals surface area contributed by atoms with Crippen LogP contribution in [0.25, 0.3) is 11.1 Å². The second kappa shape index (κ2) is 15.5. The monoisotopic (exact) mass is 630 g/mol. The van der Waals surface area contributed by atoms with Gasteiger partial charge in [0.15, 0.2) is 0 Å². The minimum Gasteiger partial charge on any atom is -0.493 e. The summed E-state index contributed by atoms with van der Waals surface area (Å²) in [6.07, 6.45) is 1.76. The molecule has 6 rings (SSSR count). The fourth-order valence-corrected chi connectivity index (χ4v) is 5.52. The number of para-hydroxylation sites is 2. The van der Waals surface area contributed by atoms with E-state index >= 15 is 0 Å². The zero-order chi connectivity index (χ0) is 33.1. The number of anilines is 6. The van der Waals surface area contributed by atoms with Gasteiger partial charge in [0.05, 0.1) is 13.2 Å². The Morgan fingerprint density at radius 3 is 1.38 bits per heavy atom. The normalized spacial score (nSPS) is 10.6. The molecule has 5 nitrogen and oxygen atoms in total. The Hall–Kier alpha value is -6.07. The summed E-state index contributed by atoms with van der Waals surface area (Å²) in [5.74, 6) is 0.337. The number of nitrogens with zero attached hydrogens (tertiary/aromatic N) is 2. The summed E-state index contributed by atoms with van der Waals surface area (Å²) in [7, 11) is 0. The molecule has 0 atom stereocenters. The van der Waals surface area contributed by atoms with Gasteiger partial charge >= 0.3 is 5.97 Å². The van der Waals surface area contributed by atoms with Crippen LogP contribution in [0.5, 0.6) is 5.75 Å². The minimum absolute atomic E-state index is 0.296. The molecular weight excluding hydrogens is 592 g/mol. The van der Waals surface area contributed by atoms with E-state index in [0.29, 0.717) is 19.6 Å². The quantitative estimate of drug-likeness (QED) is 0.0721. The molecule has 48 heavy (non-hydrogen) atoms. The van der Waals surface area contributed by atoms with Crippen molar-refractivity contribution in [3.8, 4) is 16.9 Å². The van der Waals surface area contributed by atoms with Crippen molar-refractivity contribution in [3.05, 3.63) is 176 Å². The summed E-state index contributed by atoms with van der Waals surface area (Å²) in [6.45, 7) is 6.26. The van der Waals surface area contributed by atoms with Crippen molar-refractivity contribution in [2.75, 3.05) is 23.0 Å². The molecular formula is C43H38N2O3. The fourth-order valence-electron chi connectivity index (χ4n) is 5.52. The van der Waals surface area contributed by atoms with Crippen LogP contribution in [-0.2, 0) is 9.53 Å². The van der Waals surface area contributed by atoms with Crippen molar-refractivity contribution in [3.63, 3.8) is 0 Å². The zero-order valence-electron chi connectivity index (χ0n) is 27.0. The van der Waals surface area contributed by atoms with Gasteiger partial charge in [-0.15, -0.1) is 0 Å². The molecule has 0 amide bonds. The SMILES string of the molecule is C=CC(=O)OCCCOc1ccc(N(c2ccccc2)c2ccc(-c3ccc(N(c4ccccc4)c4ccc(C)cc4)cc3)cc2)cc1. The number of carbonyl (C=O) groups is 1. The Balaban J connectivity index is 1.20. The largest absolute Gasteiger partial charge is 0.493 e. The molecule has 6 aromatic carbocycles. The highest BCUT2D eigenvalue weighted by atomic mass is 16.5. The van der Waals surface area contributed by atoms with Crippen LogP contribution in [0, 0.1) is 6.92 Å². The number of carbonyl (C=O) groups excluding carboxylic acids is 1. The molecule has 0 N–H and O–H groups in total. The first-order valence-corrected chi connectivity index (χ1v) is 16.1. The molecule has 0 aliphatic carbocycles. The lowest BCUT2D eigenvalue weighted by Gasteiger charge is -2.26. The lowest BCUT2D eigenvalue weighted by atomic mass is 10.0. The van der Waals surface area contributed by atoms with Crippen LogP contribution < -0.4 is 14.5 Å². The number of esters is 1. The van der Waals surface area contributed by atoms with Crippen LogP contribution >= 0.6 is 0 Å². The minimum atomic E-state index is -0.421. The van der Waals surface area contributed by atoms with Gasteiger partial charge in [-0.3, -0.25) is 0 Å². The second-order valence-electron chi connectivity index (χ2n) is 11.3. The summed E-state index contributed by atoms with van der Waals surface area (Å²) >= 11 is 0. The highest BCUT2D eigenvalue weighted by molar-refractivity contribution is 5.81. The molecule has 5 heteroatoms. The van der Waals surface area contributed by atoms with Gasteiger partial charge < -0.3 is 19.3 Å². The number of hydrogen-bond donors (Lipinski definition) is 0. The zero-order valence-corrected chi connectivity index (χ0v) is 27.0. The van der Waals surface area contributed by atoms with Gasteiger partial charge in [-0.05, 0) is 103 Å². The van der Waals surface area contributed by atoms with Crippen LogP contribution in [0.2, 0.25) is 0 Å². The molecule has 0 unspecified atom stereocenters. The van der Waals surface area contributed by atoms with Crippen molar-refractivity contribution in [2.45, 2.75) is 13.3 Å². The average molecular weight is 631 g/mol. The lowest BCUT2D eigenvalue weighted by molar-refractivity contribution is -0.137. The molecule has 0 bridgehead atoms. The molecule has 0 heterocycles. The standard InChI is InChI=1S/C43H38N2O3/c1-3-43(46)48-32-10-31-47-42-29-27-41(28-30-42)45(37-13-8-5-9-14-37)40-25-19-35(20-26-40)34-17-23-39(24-18-34)44(36-11-6-4-7-12-36)38-21-15-33(2)16-22-38/h3-9,11-30H,1,10,31-32H2,2H3. The maximum absolute atomic E-state index is 11.2. The van der Waals surface area contributed by atoms with E-state index in [1.54, 1.807) is 0 Å². The predicted octanol–water partition coefficient (Wildman–Crippen LogP) is 11.1. The third-order valence-corrected chi connectivity index (χ3v) is 7.97. The van der Waals surface area contributed by atoms with Gasteiger partial charge in [0.1, 0.15) is 5.75 Å². The van der Waals surface area contributed by atoms with E-state index in [-0.39, 0.29) is 0 Å². The number of hydrogen-bond acceptors (Lipinski definition) is 5. The number of aryl methyl sites for hydroxylation is 1. The topological polar surface area (TPSA) is 42.0 Å². The van der Waals surface area contributed by atoms with E-state index < -0.39 is 5.97 Å². The predicted molar refractivity (Wildman–Crippen MR) is 197 cm³/mol. The average Bonchev–Trinajstić information content (AvgIpc) is 3.14. The van der Waals surface area contributed by atoms with Crippen molar-refractivity contribution >= 4 is 40.1 Å². The van der Waals surface area contributed by atoms with Crippen molar-refractivity contribution < 1.29 is 14.3 Å². The molecule has 238 valence electrons. The van der Waals surface area contributed by atoms with Crippen LogP contribution in [0.3, 0.4) is 0 Å². The summed E-state index contributed by atoms with van der Waals surface area (Å²) in [6, 6.07) is 54.9.